The van der Waals surface area contributed by atoms with Gasteiger partial charge in [-0.05, 0) is 23.5 Å². The highest BCUT2D eigenvalue weighted by molar-refractivity contribution is 7.91. The molecule has 0 radical (unpaired) electrons. The molecule has 2 aliphatic heterocycles. The van der Waals surface area contributed by atoms with Crippen LogP contribution in [0.3, 0.4) is 0 Å². The van der Waals surface area contributed by atoms with Crippen LogP contribution >= 0.6 is 0 Å². The van der Waals surface area contributed by atoms with E-state index >= 15 is 0 Å². The largest absolute Gasteiger partial charge is 0.334 e. The van der Waals surface area contributed by atoms with E-state index in [4.69, 9.17) is 0 Å². The Morgan fingerprint density at radius 1 is 1.07 bits per heavy atom. The second-order valence-electron chi connectivity index (χ2n) is 8.57. The van der Waals surface area contributed by atoms with Gasteiger partial charge in [0.1, 0.15) is 0 Å². The van der Waals surface area contributed by atoms with Crippen molar-refractivity contribution in [2.24, 2.45) is 0 Å². The van der Waals surface area contributed by atoms with Gasteiger partial charge in [-0.15, -0.1) is 0 Å². The summed E-state index contributed by atoms with van der Waals surface area (Å²) in [6, 6.07) is 7.71. The Kier molecular flexibility index (Phi) is 7.49. The van der Waals surface area contributed by atoms with Crippen molar-refractivity contribution in [3.05, 3.63) is 35.4 Å². The van der Waals surface area contributed by atoms with Crippen molar-refractivity contribution in [1.82, 2.24) is 20.4 Å². The Labute approximate surface area is 178 Å². The number of rotatable bonds is 6. The molecule has 2 aliphatic rings. The van der Waals surface area contributed by atoms with Gasteiger partial charge in [0.25, 0.3) is 0 Å². The molecule has 0 aromatic heterocycles. The van der Waals surface area contributed by atoms with Crippen LogP contribution in [0.1, 0.15) is 37.3 Å². The van der Waals surface area contributed by atoms with E-state index in [1.807, 2.05) is 4.90 Å². The lowest BCUT2D eigenvalue weighted by Crippen LogP contribution is -2.51. The Morgan fingerprint density at radius 3 is 2.27 bits per heavy atom. The first-order chi connectivity index (χ1) is 14.2. The van der Waals surface area contributed by atoms with Gasteiger partial charge in [-0.3, -0.25) is 19.9 Å². The van der Waals surface area contributed by atoms with Crippen LogP contribution < -0.4 is 10.6 Å². The van der Waals surface area contributed by atoms with Gasteiger partial charge < -0.3 is 5.32 Å². The molecule has 0 spiro atoms. The number of hydrogen-bond acceptors (Lipinski definition) is 6. The molecule has 2 fully saturated rings. The summed E-state index contributed by atoms with van der Waals surface area (Å²) in [5.74, 6) is 0.183. The minimum absolute atomic E-state index is 0.0588. The summed E-state index contributed by atoms with van der Waals surface area (Å²) < 4.78 is 22.9. The number of sulfone groups is 1. The second kappa shape index (κ2) is 9.89. The van der Waals surface area contributed by atoms with Gasteiger partial charge in [0, 0.05) is 38.8 Å². The first-order valence-corrected chi connectivity index (χ1v) is 12.4. The Balaban J connectivity index is 1.35. The standard InChI is InChI=1S/C21H32N4O4S/c1-16(2)18-5-3-17(4-6-18)13-24-8-10-25(11-9-24)14-20(26)23-21(27)22-19-7-12-30(28,29)15-19/h3-6,16,19H,7-15H2,1-2H3,(H2,22,23,26,27)/t19-/m0/s1. The fourth-order valence-electron chi connectivity index (χ4n) is 3.87. The van der Waals surface area contributed by atoms with Gasteiger partial charge in [0.15, 0.2) is 9.84 Å². The van der Waals surface area contributed by atoms with E-state index in [1.165, 1.54) is 11.1 Å². The third kappa shape index (κ3) is 6.78. The zero-order chi connectivity index (χ0) is 21.7. The summed E-state index contributed by atoms with van der Waals surface area (Å²) in [6.45, 7) is 8.69. The van der Waals surface area contributed by atoms with E-state index in [0.717, 1.165) is 32.7 Å². The molecule has 1 aromatic carbocycles. The highest BCUT2D eigenvalue weighted by atomic mass is 32.2. The molecule has 3 amide bonds. The molecule has 2 heterocycles. The van der Waals surface area contributed by atoms with E-state index in [2.05, 4.69) is 53.6 Å². The fourth-order valence-corrected chi connectivity index (χ4v) is 5.54. The summed E-state index contributed by atoms with van der Waals surface area (Å²) in [5.41, 5.74) is 2.63. The van der Waals surface area contributed by atoms with E-state index < -0.39 is 21.9 Å². The maximum atomic E-state index is 12.1. The molecule has 0 saturated carbocycles. The number of hydrogen-bond donors (Lipinski definition) is 2. The number of benzene rings is 1. The fraction of sp³-hybridized carbons (Fsp3) is 0.619. The molecule has 30 heavy (non-hydrogen) atoms. The highest BCUT2D eigenvalue weighted by Gasteiger charge is 2.29. The summed E-state index contributed by atoms with van der Waals surface area (Å²) in [7, 11) is -3.07. The van der Waals surface area contributed by atoms with Gasteiger partial charge in [-0.25, -0.2) is 13.2 Å². The number of carbonyl (C=O) groups is 2. The van der Waals surface area contributed by atoms with Gasteiger partial charge in [0.2, 0.25) is 5.91 Å². The number of piperazine rings is 1. The van der Waals surface area contributed by atoms with Crippen LogP contribution in [0.15, 0.2) is 24.3 Å². The molecule has 8 nitrogen and oxygen atoms in total. The van der Waals surface area contributed by atoms with E-state index in [1.54, 1.807) is 0 Å². The molecule has 1 atom stereocenters. The zero-order valence-corrected chi connectivity index (χ0v) is 18.6. The first kappa shape index (κ1) is 22.7. The quantitative estimate of drug-likeness (QED) is 0.689. The van der Waals surface area contributed by atoms with Crippen LogP contribution in [0, 0.1) is 0 Å². The first-order valence-electron chi connectivity index (χ1n) is 10.5. The number of nitrogens with one attached hydrogen (secondary N) is 2. The van der Waals surface area contributed by atoms with Gasteiger partial charge >= 0.3 is 6.03 Å². The van der Waals surface area contributed by atoms with Crippen LogP contribution in [0.4, 0.5) is 4.79 Å². The average Bonchev–Trinajstić information content (AvgIpc) is 3.01. The molecule has 0 aliphatic carbocycles. The SMILES string of the molecule is CC(C)c1ccc(CN2CCN(CC(=O)NC(=O)N[C@H]3CCS(=O)(=O)C3)CC2)cc1. The monoisotopic (exact) mass is 436 g/mol. The molecule has 9 heteroatoms. The molecular formula is C21H32N4O4S. The van der Waals surface area contributed by atoms with Crippen LogP contribution in [-0.2, 0) is 21.2 Å². The molecule has 3 rings (SSSR count). The van der Waals surface area contributed by atoms with Gasteiger partial charge in [-0.1, -0.05) is 38.1 Å². The number of urea groups is 1. The second-order valence-corrected chi connectivity index (χ2v) is 10.8. The average molecular weight is 437 g/mol. The van der Waals surface area contributed by atoms with E-state index in [9.17, 15) is 18.0 Å². The molecule has 166 valence electrons. The van der Waals surface area contributed by atoms with E-state index in [0.29, 0.717) is 12.3 Å². The van der Waals surface area contributed by atoms with Crippen molar-refractivity contribution in [1.29, 1.82) is 0 Å². The summed E-state index contributed by atoms with van der Waals surface area (Å²) in [5, 5.41) is 4.88. The maximum Gasteiger partial charge on any atom is 0.321 e. The van der Waals surface area contributed by atoms with Crippen LogP contribution in [0.5, 0.6) is 0 Å². The summed E-state index contributed by atoms with van der Waals surface area (Å²) in [4.78, 5) is 28.5. The maximum absolute atomic E-state index is 12.1. The van der Waals surface area contributed by atoms with Crippen molar-refractivity contribution >= 4 is 21.8 Å². The molecule has 0 bridgehead atoms. The molecule has 0 unspecified atom stereocenters. The van der Waals surface area contributed by atoms with Crippen molar-refractivity contribution in [2.75, 3.05) is 44.2 Å². The van der Waals surface area contributed by atoms with Crippen molar-refractivity contribution in [3.63, 3.8) is 0 Å². The lowest BCUT2D eigenvalue weighted by Gasteiger charge is -2.34. The lowest BCUT2D eigenvalue weighted by atomic mass is 10.0. The Morgan fingerprint density at radius 2 is 1.70 bits per heavy atom. The number of imide groups is 1. The third-order valence-electron chi connectivity index (χ3n) is 5.71. The normalized spacial score (nSPS) is 22.2. The zero-order valence-electron chi connectivity index (χ0n) is 17.8. The molecule has 2 saturated heterocycles. The number of amides is 3. The molecular weight excluding hydrogens is 404 g/mol. The molecule has 1 aromatic rings. The molecule has 2 N–H and O–H groups in total. The topological polar surface area (TPSA) is 98.8 Å². The third-order valence-corrected chi connectivity index (χ3v) is 7.47. The van der Waals surface area contributed by atoms with Crippen molar-refractivity contribution in [2.45, 2.75) is 38.8 Å². The van der Waals surface area contributed by atoms with Crippen LogP contribution in [0.2, 0.25) is 0 Å². The Hall–Kier alpha value is -1.97. The van der Waals surface area contributed by atoms with E-state index in [-0.39, 0.29) is 24.0 Å². The Bertz CT molecular complexity index is 846. The number of nitrogens with zero attached hydrogens (tertiary/aromatic N) is 2. The summed E-state index contributed by atoms with van der Waals surface area (Å²) in [6.07, 6.45) is 0.395. The van der Waals surface area contributed by atoms with Crippen molar-refractivity contribution < 1.29 is 18.0 Å². The predicted molar refractivity (Wildman–Crippen MR) is 116 cm³/mol. The summed E-state index contributed by atoms with van der Waals surface area (Å²) >= 11 is 0. The smallest absolute Gasteiger partial charge is 0.321 e. The number of carbonyl (C=O) groups excluding carboxylic acids is 2. The van der Waals surface area contributed by atoms with Gasteiger partial charge in [-0.2, -0.15) is 0 Å². The van der Waals surface area contributed by atoms with Crippen LogP contribution in [-0.4, -0.2) is 80.4 Å². The van der Waals surface area contributed by atoms with Gasteiger partial charge in [0.05, 0.1) is 18.1 Å². The minimum atomic E-state index is -3.07. The predicted octanol–water partition coefficient (Wildman–Crippen LogP) is 0.941. The van der Waals surface area contributed by atoms with Crippen molar-refractivity contribution in [3.8, 4) is 0 Å². The highest BCUT2D eigenvalue weighted by Crippen LogP contribution is 2.16. The minimum Gasteiger partial charge on any atom is -0.334 e. The van der Waals surface area contributed by atoms with Crippen LogP contribution in [0.25, 0.3) is 0 Å². The lowest BCUT2D eigenvalue weighted by molar-refractivity contribution is -0.121.